The summed E-state index contributed by atoms with van der Waals surface area (Å²) < 4.78 is 7.61. The first-order valence-corrected chi connectivity index (χ1v) is 8.85. The second kappa shape index (κ2) is 7.61. The molecule has 140 valence electrons. The monoisotopic (exact) mass is 364 g/mol. The molecule has 3 aromatic rings. The number of carbonyl (C=O) groups excluding carboxylic acids is 1. The molecule has 3 rings (SSSR count). The average Bonchev–Trinajstić information content (AvgIpc) is 3.16. The zero-order chi connectivity index (χ0) is 19.4. The number of carbonyl (C=O) groups is 1. The standard InChI is InChI=1S/C21H24N4O2/c1-15(27-18-7-5-6-16(12-18)21(2,3)4)20(26)24-17-8-9-19(23-13-17)25-11-10-22-14-25/h5-15H,1-4H3,(H,24,26)/t15-/m0/s1. The van der Waals surface area contributed by atoms with Gasteiger partial charge in [0, 0.05) is 12.4 Å². The lowest BCUT2D eigenvalue weighted by Crippen LogP contribution is -2.30. The Hall–Kier alpha value is -3.15. The van der Waals surface area contributed by atoms with Gasteiger partial charge in [-0.2, -0.15) is 0 Å². The maximum atomic E-state index is 12.4. The second-order valence-corrected chi connectivity index (χ2v) is 7.40. The molecule has 1 atom stereocenters. The number of nitrogens with zero attached hydrogens (tertiary/aromatic N) is 3. The summed E-state index contributed by atoms with van der Waals surface area (Å²) in [6.45, 7) is 8.15. The first-order valence-electron chi connectivity index (χ1n) is 8.85. The Morgan fingerprint density at radius 1 is 1.22 bits per heavy atom. The van der Waals surface area contributed by atoms with Gasteiger partial charge >= 0.3 is 0 Å². The Bertz CT molecular complexity index is 897. The summed E-state index contributed by atoms with van der Waals surface area (Å²) in [6.07, 6.45) is 6.14. The molecule has 2 heterocycles. The average molecular weight is 364 g/mol. The van der Waals surface area contributed by atoms with E-state index in [0.717, 1.165) is 11.4 Å². The minimum atomic E-state index is -0.631. The number of imidazole rings is 1. The molecule has 1 aromatic carbocycles. The van der Waals surface area contributed by atoms with E-state index in [1.54, 1.807) is 36.3 Å². The van der Waals surface area contributed by atoms with Gasteiger partial charge < -0.3 is 10.1 Å². The van der Waals surface area contributed by atoms with Crippen molar-refractivity contribution < 1.29 is 9.53 Å². The van der Waals surface area contributed by atoms with Crippen LogP contribution in [0.4, 0.5) is 5.69 Å². The molecule has 1 amide bonds. The van der Waals surface area contributed by atoms with Gasteiger partial charge in [0.25, 0.3) is 5.91 Å². The highest BCUT2D eigenvalue weighted by molar-refractivity contribution is 5.94. The van der Waals surface area contributed by atoms with Gasteiger partial charge in [0.1, 0.15) is 17.9 Å². The van der Waals surface area contributed by atoms with Crippen LogP contribution in [-0.2, 0) is 10.2 Å². The largest absolute Gasteiger partial charge is 0.481 e. The molecule has 0 aliphatic heterocycles. The summed E-state index contributed by atoms with van der Waals surface area (Å²) in [5.41, 5.74) is 1.79. The lowest BCUT2D eigenvalue weighted by atomic mass is 9.87. The van der Waals surface area contributed by atoms with Crippen molar-refractivity contribution in [2.45, 2.75) is 39.2 Å². The Kier molecular flexibility index (Phi) is 5.26. The van der Waals surface area contributed by atoms with E-state index >= 15 is 0 Å². The summed E-state index contributed by atoms with van der Waals surface area (Å²) in [6, 6.07) is 11.5. The van der Waals surface area contributed by atoms with Gasteiger partial charge in [0.15, 0.2) is 6.10 Å². The predicted octanol–water partition coefficient (Wildman–Crippen LogP) is 3.97. The molecule has 0 spiro atoms. The molecule has 0 aliphatic carbocycles. The van der Waals surface area contributed by atoms with Crippen LogP contribution in [0.2, 0.25) is 0 Å². The van der Waals surface area contributed by atoms with Crippen molar-refractivity contribution in [1.29, 1.82) is 0 Å². The molecule has 2 aromatic heterocycles. The van der Waals surface area contributed by atoms with Crippen molar-refractivity contribution in [2.75, 3.05) is 5.32 Å². The van der Waals surface area contributed by atoms with Crippen molar-refractivity contribution in [3.8, 4) is 11.6 Å². The van der Waals surface area contributed by atoms with Crippen molar-refractivity contribution in [3.05, 3.63) is 66.9 Å². The summed E-state index contributed by atoms with van der Waals surface area (Å²) in [4.78, 5) is 20.7. The molecule has 0 saturated carbocycles. The molecule has 1 N–H and O–H groups in total. The third kappa shape index (κ3) is 4.73. The quantitative estimate of drug-likeness (QED) is 0.744. The topological polar surface area (TPSA) is 69.0 Å². The number of ether oxygens (including phenoxy) is 1. The van der Waals surface area contributed by atoms with E-state index in [1.807, 2.05) is 30.5 Å². The smallest absolute Gasteiger partial charge is 0.265 e. The molecule has 0 fully saturated rings. The lowest BCUT2D eigenvalue weighted by Gasteiger charge is -2.21. The highest BCUT2D eigenvalue weighted by Gasteiger charge is 2.18. The fourth-order valence-corrected chi connectivity index (χ4v) is 2.54. The Labute approximate surface area is 159 Å². The first kappa shape index (κ1) is 18.6. The molecule has 0 radical (unpaired) electrons. The maximum Gasteiger partial charge on any atom is 0.265 e. The number of hydrogen-bond acceptors (Lipinski definition) is 4. The van der Waals surface area contributed by atoms with Gasteiger partial charge in [-0.3, -0.25) is 9.36 Å². The molecular formula is C21H24N4O2. The summed E-state index contributed by atoms with van der Waals surface area (Å²) >= 11 is 0. The van der Waals surface area contributed by atoms with Crippen molar-refractivity contribution in [1.82, 2.24) is 14.5 Å². The fourth-order valence-electron chi connectivity index (χ4n) is 2.54. The fraction of sp³-hybridized carbons (Fsp3) is 0.286. The van der Waals surface area contributed by atoms with Gasteiger partial charge in [-0.25, -0.2) is 9.97 Å². The SMILES string of the molecule is C[C@H](Oc1cccc(C(C)(C)C)c1)C(=O)Nc1ccc(-n2ccnc2)nc1. The van der Waals surface area contributed by atoms with Gasteiger partial charge in [0.2, 0.25) is 0 Å². The van der Waals surface area contributed by atoms with Gasteiger partial charge in [0.05, 0.1) is 11.9 Å². The highest BCUT2D eigenvalue weighted by atomic mass is 16.5. The van der Waals surface area contributed by atoms with Gasteiger partial charge in [-0.1, -0.05) is 32.9 Å². The number of amides is 1. The van der Waals surface area contributed by atoms with Crippen molar-refractivity contribution in [2.24, 2.45) is 0 Å². The number of aromatic nitrogens is 3. The first-order chi connectivity index (χ1) is 12.8. The molecule has 0 saturated heterocycles. The van der Waals surface area contributed by atoms with Crippen LogP contribution in [0.25, 0.3) is 5.82 Å². The van der Waals surface area contributed by atoms with Gasteiger partial charge in [-0.15, -0.1) is 0 Å². The van der Waals surface area contributed by atoms with Crippen LogP contribution in [0.3, 0.4) is 0 Å². The molecule has 6 heteroatoms. The van der Waals surface area contributed by atoms with Gasteiger partial charge in [-0.05, 0) is 42.2 Å². The zero-order valence-corrected chi connectivity index (χ0v) is 16.0. The van der Waals surface area contributed by atoms with E-state index in [2.05, 4.69) is 42.1 Å². The molecule has 0 unspecified atom stereocenters. The summed E-state index contributed by atoms with van der Waals surface area (Å²) in [5.74, 6) is 1.18. The Balaban J connectivity index is 1.62. The van der Waals surface area contributed by atoms with E-state index < -0.39 is 6.10 Å². The van der Waals surface area contributed by atoms with E-state index in [4.69, 9.17) is 4.74 Å². The number of nitrogens with one attached hydrogen (secondary N) is 1. The van der Waals surface area contributed by atoms with E-state index in [0.29, 0.717) is 11.4 Å². The van der Waals surface area contributed by atoms with E-state index in [1.165, 1.54) is 0 Å². The Morgan fingerprint density at radius 2 is 2.04 bits per heavy atom. The molecule has 0 bridgehead atoms. The minimum Gasteiger partial charge on any atom is -0.481 e. The molecule has 27 heavy (non-hydrogen) atoms. The highest BCUT2D eigenvalue weighted by Crippen LogP contribution is 2.26. The van der Waals surface area contributed by atoms with E-state index in [-0.39, 0.29) is 11.3 Å². The third-order valence-corrected chi connectivity index (χ3v) is 4.17. The van der Waals surface area contributed by atoms with E-state index in [9.17, 15) is 4.79 Å². The summed E-state index contributed by atoms with van der Waals surface area (Å²) in [5, 5.41) is 2.83. The van der Waals surface area contributed by atoms with Crippen LogP contribution in [0, 0.1) is 0 Å². The van der Waals surface area contributed by atoms with Crippen LogP contribution in [0.15, 0.2) is 61.3 Å². The number of anilines is 1. The van der Waals surface area contributed by atoms with Crippen LogP contribution in [-0.4, -0.2) is 26.5 Å². The molecular weight excluding hydrogens is 340 g/mol. The Morgan fingerprint density at radius 3 is 2.67 bits per heavy atom. The zero-order valence-electron chi connectivity index (χ0n) is 16.0. The second-order valence-electron chi connectivity index (χ2n) is 7.40. The number of rotatable bonds is 5. The van der Waals surface area contributed by atoms with Crippen LogP contribution < -0.4 is 10.1 Å². The maximum absolute atomic E-state index is 12.4. The number of benzene rings is 1. The molecule has 6 nitrogen and oxygen atoms in total. The number of pyridine rings is 1. The lowest BCUT2D eigenvalue weighted by molar-refractivity contribution is -0.122. The third-order valence-electron chi connectivity index (χ3n) is 4.17. The van der Waals surface area contributed by atoms with Crippen LogP contribution in [0.1, 0.15) is 33.3 Å². The van der Waals surface area contributed by atoms with Crippen molar-refractivity contribution >= 4 is 11.6 Å². The minimum absolute atomic E-state index is 0.0213. The van der Waals surface area contributed by atoms with Crippen LogP contribution in [0.5, 0.6) is 5.75 Å². The summed E-state index contributed by atoms with van der Waals surface area (Å²) in [7, 11) is 0. The molecule has 0 aliphatic rings. The normalized spacial score (nSPS) is 12.4. The predicted molar refractivity (Wildman–Crippen MR) is 105 cm³/mol. The van der Waals surface area contributed by atoms with Crippen molar-refractivity contribution in [3.63, 3.8) is 0 Å². The number of hydrogen-bond donors (Lipinski definition) is 1. The van der Waals surface area contributed by atoms with Crippen LogP contribution >= 0.6 is 0 Å².